The normalized spacial score (nSPS) is 14.0. The Kier molecular flexibility index (Phi) is 7.52. The number of pyridine rings is 2. The zero-order valence-corrected chi connectivity index (χ0v) is 19.0. The van der Waals surface area contributed by atoms with E-state index in [2.05, 4.69) is 25.5 Å². The minimum absolute atomic E-state index is 0.252. The molecular weight excluding hydrogens is 438 g/mol. The molecular formula is C25H26ClN5O2. The first-order valence-electron chi connectivity index (χ1n) is 11.1. The van der Waals surface area contributed by atoms with Crippen molar-refractivity contribution in [2.24, 2.45) is 5.92 Å². The van der Waals surface area contributed by atoms with Gasteiger partial charge in [0.2, 0.25) is 0 Å². The summed E-state index contributed by atoms with van der Waals surface area (Å²) in [7, 11) is 0. The second-order valence-corrected chi connectivity index (χ2v) is 8.45. The molecule has 0 bridgehead atoms. The van der Waals surface area contributed by atoms with Gasteiger partial charge in [-0.2, -0.15) is 0 Å². The molecule has 1 aliphatic heterocycles. The Balaban J connectivity index is 1.24. The van der Waals surface area contributed by atoms with Crippen molar-refractivity contribution in [3.63, 3.8) is 0 Å². The van der Waals surface area contributed by atoms with E-state index in [0.29, 0.717) is 28.7 Å². The van der Waals surface area contributed by atoms with Crippen molar-refractivity contribution in [3.05, 3.63) is 83.4 Å². The van der Waals surface area contributed by atoms with Crippen molar-refractivity contribution in [1.29, 1.82) is 0 Å². The van der Waals surface area contributed by atoms with Crippen LogP contribution in [-0.4, -0.2) is 41.4 Å². The Labute approximate surface area is 198 Å². The molecule has 3 heterocycles. The molecule has 0 atom stereocenters. The van der Waals surface area contributed by atoms with E-state index in [9.17, 15) is 9.59 Å². The molecule has 0 spiro atoms. The quantitative estimate of drug-likeness (QED) is 0.541. The van der Waals surface area contributed by atoms with Crippen LogP contribution in [0.2, 0.25) is 5.02 Å². The molecule has 8 heteroatoms. The molecule has 1 aromatic carbocycles. The molecule has 2 amide bonds. The highest BCUT2D eigenvalue weighted by Gasteiger charge is 2.20. The topological polar surface area (TPSA) is 87.2 Å². The van der Waals surface area contributed by atoms with Crippen LogP contribution in [0.5, 0.6) is 0 Å². The van der Waals surface area contributed by atoms with Crippen molar-refractivity contribution in [2.45, 2.75) is 19.3 Å². The average molecular weight is 464 g/mol. The van der Waals surface area contributed by atoms with Crippen molar-refractivity contribution < 1.29 is 9.59 Å². The van der Waals surface area contributed by atoms with Gasteiger partial charge in [-0.25, -0.2) is 0 Å². The average Bonchev–Trinajstić information content (AvgIpc) is 2.85. The number of piperidine rings is 1. The third kappa shape index (κ3) is 6.08. The van der Waals surface area contributed by atoms with Crippen LogP contribution in [-0.2, 0) is 0 Å². The van der Waals surface area contributed by atoms with Gasteiger partial charge in [-0.05, 0) is 61.6 Å². The third-order valence-corrected chi connectivity index (χ3v) is 6.18. The van der Waals surface area contributed by atoms with Gasteiger partial charge in [-0.1, -0.05) is 23.7 Å². The van der Waals surface area contributed by atoms with E-state index in [4.69, 9.17) is 11.6 Å². The SMILES string of the molecule is O=C(NCCC1CCN(c2ccncc2)CC1)c1cc(NC(=O)c2ccccc2Cl)ccn1. The fourth-order valence-electron chi connectivity index (χ4n) is 3.99. The standard InChI is InChI=1S/C25H26ClN5O2/c26-22-4-2-1-3-21(22)24(32)30-19-6-14-28-23(17-19)25(33)29-13-5-18-9-15-31(16-10-18)20-7-11-27-12-8-20/h1-4,6-8,11-12,14,17-18H,5,9-10,13,15-16H2,(H,29,33)(H,28,30,32). The Morgan fingerprint density at radius 3 is 2.52 bits per heavy atom. The number of nitrogens with zero attached hydrogens (tertiary/aromatic N) is 3. The zero-order valence-electron chi connectivity index (χ0n) is 18.2. The monoisotopic (exact) mass is 463 g/mol. The largest absolute Gasteiger partial charge is 0.371 e. The van der Waals surface area contributed by atoms with Gasteiger partial charge in [0, 0.05) is 49.6 Å². The van der Waals surface area contributed by atoms with Crippen LogP contribution < -0.4 is 15.5 Å². The Morgan fingerprint density at radius 1 is 1.00 bits per heavy atom. The van der Waals surface area contributed by atoms with Crippen molar-refractivity contribution >= 4 is 34.8 Å². The molecule has 33 heavy (non-hydrogen) atoms. The first-order valence-corrected chi connectivity index (χ1v) is 11.4. The molecule has 3 aromatic rings. The first-order chi connectivity index (χ1) is 16.1. The molecule has 1 saturated heterocycles. The maximum absolute atomic E-state index is 12.6. The molecule has 1 fully saturated rings. The molecule has 2 aromatic heterocycles. The van der Waals surface area contributed by atoms with Crippen LogP contribution in [0.1, 0.15) is 40.1 Å². The highest BCUT2D eigenvalue weighted by atomic mass is 35.5. The van der Waals surface area contributed by atoms with E-state index in [1.165, 1.54) is 11.9 Å². The molecule has 2 N–H and O–H groups in total. The second kappa shape index (κ2) is 10.9. The summed E-state index contributed by atoms with van der Waals surface area (Å²) in [5.74, 6) is -0.00748. The number of benzene rings is 1. The maximum Gasteiger partial charge on any atom is 0.269 e. The van der Waals surface area contributed by atoms with Crippen molar-refractivity contribution in [3.8, 4) is 0 Å². The maximum atomic E-state index is 12.6. The number of hydrogen-bond donors (Lipinski definition) is 2. The lowest BCUT2D eigenvalue weighted by molar-refractivity contribution is 0.0944. The van der Waals surface area contributed by atoms with E-state index >= 15 is 0 Å². The van der Waals surface area contributed by atoms with E-state index in [1.54, 1.807) is 36.4 Å². The van der Waals surface area contributed by atoms with Crippen LogP contribution in [0, 0.1) is 5.92 Å². The lowest BCUT2D eigenvalue weighted by atomic mass is 9.93. The lowest BCUT2D eigenvalue weighted by Gasteiger charge is -2.33. The van der Waals surface area contributed by atoms with Crippen LogP contribution in [0.4, 0.5) is 11.4 Å². The predicted octanol–water partition coefficient (Wildman–Crippen LogP) is 4.42. The summed E-state index contributed by atoms with van der Waals surface area (Å²) in [6, 6.07) is 14.1. The summed E-state index contributed by atoms with van der Waals surface area (Å²) in [5.41, 5.74) is 2.34. The molecule has 0 radical (unpaired) electrons. The summed E-state index contributed by atoms with van der Waals surface area (Å²) in [5, 5.41) is 6.09. The third-order valence-electron chi connectivity index (χ3n) is 5.85. The Hall–Kier alpha value is -3.45. The van der Waals surface area contributed by atoms with Crippen molar-refractivity contribution in [2.75, 3.05) is 29.9 Å². The minimum atomic E-state index is -0.337. The highest BCUT2D eigenvalue weighted by molar-refractivity contribution is 6.34. The number of aromatic nitrogens is 2. The van der Waals surface area contributed by atoms with Crippen molar-refractivity contribution in [1.82, 2.24) is 15.3 Å². The van der Waals surface area contributed by atoms with E-state index in [1.807, 2.05) is 24.5 Å². The van der Waals surface area contributed by atoms with Gasteiger partial charge in [0.05, 0.1) is 10.6 Å². The number of carbonyl (C=O) groups is 2. The second-order valence-electron chi connectivity index (χ2n) is 8.04. The molecule has 1 aliphatic rings. The summed E-state index contributed by atoms with van der Waals surface area (Å²) < 4.78 is 0. The molecule has 0 aliphatic carbocycles. The van der Waals surface area contributed by atoms with Crippen LogP contribution in [0.15, 0.2) is 67.1 Å². The summed E-state index contributed by atoms with van der Waals surface area (Å²) in [6.45, 7) is 2.62. The highest BCUT2D eigenvalue weighted by Crippen LogP contribution is 2.24. The van der Waals surface area contributed by atoms with Gasteiger partial charge >= 0.3 is 0 Å². The van der Waals surface area contributed by atoms with Gasteiger partial charge in [-0.3, -0.25) is 19.6 Å². The van der Waals surface area contributed by atoms with Gasteiger partial charge in [0.25, 0.3) is 11.8 Å². The van der Waals surface area contributed by atoms with Gasteiger partial charge < -0.3 is 15.5 Å². The fourth-order valence-corrected chi connectivity index (χ4v) is 4.21. The van der Waals surface area contributed by atoms with E-state index in [0.717, 1.165) is 32.4 Å². The molecule has 170 valence electrons. The van der Waals surface area contributed by atoms with Crippen LogP contribution >= 0.6 is 11.6 Å². The van der Waals surface area contributed by atoms with Gasteiger partial charge in [0.15, 0.2) is 0 Å². The molecule has 0 unspecified atom stereocenters. The Morgan fingerprint density at radius 2 is 1.76 bits per heavy atom. The predicted molar refractivity (Wildman–Crippen MR) is 130 cm³/mol. The van der Waals surface area contributed by atoms with E-state index in [-0.39, 0.29) is 17.5 Å². The number of halogens is 1. The number of carbonyl (C=O) groups excluding carboxylic acids is 2. The van der Waals surface area contributed by atoms with E-state index < -0.39 is 0 Å². The van der Waals surface area contributed by atoms with Crippen LogP contribution in [0.3, 0.4) is 0 Å². The number of hydrogen-bond acceptors (Lipinski definition) is 5. The fraction of sp³-hybridized carbons (Fsp3) is 0.280. The van der Waals surface area contributed by atoms with Crippen LogP contribution in [0.25, 0.3) is 0 Å². The smallest absolute Gasteiger partial charge is 0.269 e. The molecule has 4 rings (SSSR count). The number of rotatable bonds is 7. The first kappa shape index (κ1) is 22.7. The lowest BCUT2D eigenvalue weighted by Crippen LogP contribution is -2.35. The molecule has 0 saturated carbocycles. The molecule has 7 nitrogen and oxygen atoms in total. The number of anilines is 2. The van der Waals surface area contributed by atoms with Gasteiger partial charge in [0.1, 0.15) is 5.69 Å². The minimum Gasteiger partial charge on any atom is -0.371 e. The number of nitrogens with one attached hydrogen (secondary N) is 2. The van der Waals surface area contributed by atoms with Gasteiger partial charge in [-0.15, -0.1) is 0 Å². The zero-order chi connectivity index (χ0) is 23.0. The summed E-state index contributed by atoms with van der Waals surface area (Å²) in [4.78, 5) is 35.6. The summed E-state index contributed by atoms with van der Waals surface area (Å²) >= 11 is 6.08. The Bertz CT molecular complexity index is 1100. The number of amides is 2. The summed E-state index contributed by atoms with van der Waals surface area (Å²) in [6.07, 6.45) is 8.27.